The summed E-state index contributed by atoms with van der Waals surface area (Å²) in [5.74, 6) is 0. The molecular formula is C9H20O2. The van der Waals surface area contributed by atoms with Crippen LogP contribution in [-0.4, -0.2) is 26.4 Å². The van der Waals surface area contributed by atoms with Crippen LogP contribution in [0.3, 0.4) is 0 Å². The van der Waals surface area contributed by atoms with Crippen molar-refractivity contribution in [3.05, 3.63) is 0 Å². The zero-order valence-electron chi connectivity index (χ0n) is 7.93. The van der Waals surface area contributed by atoms with Gasteiger partial charge in [-0.25, -0.2) is 0 Å². The highest BCUT2D eigenvalue weighted by atomic mass is 16.5. The molecule has 0 rings (SSSR count). The molecule has 0 aromatic heterocycles. The predicted molar refractivity (Wildman–Crippen MR) is 46.8 cm³/mol. The quantitative estimate of drug-likeness (QED) is 0.532. The average molecular weight is 160 g/mol. The van der Waals surface area contributed by atoms with Crippen LogP contribution in [0.4, 0.5) is 0 Å². The first-order valence-corrected chi connectivity index (χ1v) is 4.41. The van der Waals surface area contributed by atoms with E-state index in [4.69, 9.17) is 9.47 Å². The minimum Gasteiger partial charge on any atom is -0.385 e. The van der Waals surface area contributed by atoms with Gasteiger partial charge in [-0.3, -0.25) is 0 Å². The molecule has 0 saturated carbocycles. The lowest BCUT2D eigenvalue weighted by molar-refractivity contribution is 0.0453. The second-order valence-corrected chi connectivity index (χ2v) is 2.82. The first-order valence-electron chi connectivity index (χ1n) is 4.41. The van der Waals surface area contributed by atoms with Gasteiger partial charge in [0.25, 0.3) is 0 Å². The standard InChI is InChI=1S/C9H20O2/c1-4-6-9(2)11-8-5-7-10-3/h9H,4-8H2,1-3H3. The summed E-state index contributed by atoms with van der Waals surface area (Å²) in [5.41, 5.74) is 0. The molecule has 0 bridgehead atoms. The smallest absolute Gasteiger partial charge is 0.0546 e. The van der Waals surface area contributed by atoms with Gasteiger partial charge in [0.15, 0.2) is 0 Å². The van der Waals surface area contributed by atoms with Crippen LogP contribution in [0.1, 0.15) is 33.1 Å². The van der Waals surface area contributed by atoms with Gasteiger partial charge >= 0.3 is 0 Å². The zero-order valence-corrected chi connectivity index (χ0v) is 7.93. The van der Waals surface area contributed by atoms with E-state index in [0.29, 0.717) is 6.10 Å². The van der Waals surface area contributed by atoms with Crippen LogP contribution < -0.4 is 0 Å². The van der Waals surface area contributed by atoms with Gasteiger partial charge in [0, 0.05) is 20.3 Å². The van der Waals surface area contributed by atoms with E-state index in [9.17, 15) is 0 Å². The molecule has 0 saturated heterocycles. The molecule has 0 heterocycles. The third-order valence-electron chi connectivity index (χ3n) is 1.59. The third kappa shape index (κ3) is 7.82. The first-order chi connectivity index (χ1) is 5.31. The third-order valence-corrected chi connectivity index (χ3v) is 1.59. The van der Waals surface area contributed by atoms with Gasteiger partial charge in [-0.1, -0.05) is 13.3 Å². The molecule has 68 valence electrons. The molecule has 0 radical (unpaired) electrons. The Bertz CT molecular complexity index is 74.0. The lowest BCUT2D eigenvalue weighted by Gasteiger charge is -2.10. The lowest BCUT2D eigenvalue weighted by atomic mass is 10.2. The molecular weight excluding hydrogens is 140 g/mol. The van der Waals surface area contributed by atoms with Crippen LogP contribution in [-0.2, 0) is 9.47 Å². The van der Waals surface area contributed by atoms with E-state index in [1.165, 1.54) is 6.42 Å². The Balaban J connectivity index is 2.97. The van der Waals surface area contributed by atoms with Gasteiger partial charge in [-0.05, 0) is 19.8 Å². The Morgan fingerprint density at radius 3 is 2.55 bits per heavy atom. The Kier molecular flexibility index (Phi) is 7.96. The van der Waals surface area contributed by atoms with Crippen LogP contribution in [0.5, 0.6) is 0 Å². The van der Waals surface area contributed by atoms with Crippen molar-refractivity contribution >= 4 is 0 Å². The number of hydrogen-bond donors (Lipinski definition) is 0. The molecule has 11 heavy (non-hydrogen) atoms. The highest BCUT2D eigenvalue weighted by molar-refractivity contribution is 4.47. The van der Waals surface area contributed by atoms with Crippen molar-refractivity contribution in [1.82, 2.24) is 0 Å². The summed E-state index contributed by atoms with van der Waals surface area (Å²) < 4.78 is 10.4. The summed E-state index contributed by atoms with van der Waals surface area (Å²) in [6.07, 6.45) is 3.78. The van der Waals surface area contributed by atoms with E-state index in [2.05, 4.69) is 13.8 Å². The molecule has 0 amide bonds. The fourth-order valence-corrected chi connectivity index (χ4v) is 0.978. The normalized spacial score (nSPS) is 13.4. The van der Waals surface area contributed by atoms with Crippen molar-refractivity contribution in [2.45, 2.75) is 39.2 Å². The zero-order chi connectivity index (χ0) is 8.53. The summed E-state index contributed by atoms with van der Waals surface area (Å²) in [6, 6.07) is 0. The Labute approximate surface area is 69.9 Å². The Morgan fingerprint density at radius 1 is 1.27 bits per heavy atom. The van der Waals surface area contributed by atoms with Crippen molar-refractivity contribution < 1.29 is 9.47 Å². The highest BCUT2D eigenvalue weighted by Crippen LogP contribution is 2.00. The molecule has 0 aliphatic rings. The molecule has 0 spiro atoms. The monoisotopic (exact) mass is 160 g/mol. The second kappa shape index (κ2) is 8.02. The van der Waals surface area contributed by atoms with E-state index in [1.807, 2.05) is 0 Å². The van der Waals surface area contributed by atoms with Gasteiger partial charge in [0.2, 0.25) is 0 Å². The first kappa shape index (κ1) is 10.9. The number of ether oxygens (including phenoxy) is 2. The molecule has 0 N–H and O–H groups in total. The highest BCUT2D eigenvalue weighted by Gasteiger charge is 1.98. The summed E-state index contributed by atoms with van der Waals surface area (Å²) in [7, 11) is 1.72. The van der Waals surface area contributed by atoms with Crippen molar-refractivity contribution in [3.8, 4) is 0 Å². The van der Waals surface area contributed by atoms with Crippen LogP contribution in [0.15, 0.2) is 0 Å². The summed E-state index contributed by atoms with van der Waals surface area (Å²) in [5, 5.41) is 0. The molecule has 0 aliphatic heterocycles. The maximum atomic E-state index is 5.50. The molecule has 2 nitrogen and oxygen atoms in total. The van der Waals surface area contributed by atoms with Gasteiger partial charge < -0.3 is 9.47 Å². The predicted octanol–water partition coefficient (Wildman–Crippen LogP) is 2.23. The number of hydrogen-bond acceptors (Lipinski definition) is 2. The molecule has 2 heteroatoms. The fraction of sp³-hybridized carbons (Fsp3) is 1.00. The number of methoxy groups -OCH3 is 1. The molecule has 0 fully saturated rings. The Morgan fingerprint density at radius 2 is 2.00 bits per heavy atom. The maximum Gasteiger partial charge on any atom is 0.0546 e. The SMILES string of the molecule is CCCC(C)OCCCOC. The minimum absolute atomic E-state index is 0.414. The van der Waals surface area contributed by atoms with Crippen molar-refractivity contribution in [1.29, 1.82) is 0 Å². The van der Waals surface area contributed by atoms with Crippen molar-refractivity contribution in [2.75, 3.05) is 20.3 Å². The van der Waals surface area contributed by atoms with Crippen molar-refractivity contribution in [2.24, 2.45) is 0 Å². The van der Waals surface area contributed by atoms with E-state index in [1.54, 1.807) is 7.11 Å². The van der Waals surface area contributed by atoms with Crippen LogP contribution in [0.25, 0.3) is 0 Å². The largest absolute Gasteiger partial charge is 0.385 e. The molecule has 0 aliphatic carbocycles. The van der Waals surface area contributed by atoms with E-state index in [0.717, 1.165) is 26.1 Å². The topological polar surface area (TPSA) is 18.5 Å². The van der Waals surface area contributed by atoms with Gasteiger partial charge in [-0.15, -0.1) is 0 Å². The average Bonchev–Trinajstić information content (AvgIpc) is 1.99. The number of rotatable bonds is 7. The van der Waals surface area contributed by atoms with E-state index < -0.39 is 0 Å². The van der Waals surface area contributed by atoms with Gasteiger partial charge in [0.05, 0.1) is 6.10 Å². The fourth-order valence-electron chi connectivity index (χ4n) is 0.978. The van der Waals surface area contributed by atoms with E-state index >= 15 is 0 Å². The second-order valence-electron chi connectivity index (χ2n) is 2.82. The van der Waals surface area contributed by atoms with Gasteiger partial charge in [0.1, 0.15) is 0 Å². The minimum atomic E-state index is 0.414. The molecule has 0 aromatic carbocycles. The van der Waals surface area contributed by atoms with Crippen molar-refractivity contribution in [3.63, 3.8) is 0 Å². The Hall–Kier alpha value is -0.0800. The van der Waals surface area contributed by atoms with Crippen LogP contribution >= 0.6 is 0 Å². The van der Waals surface area contributed by atoms with Crippen LogP contribution in [0.2, 0.25) is 0 Å². The summed E-state index contributed by atoms with van der Waals surface area (Å²) >= 11 is 0. The van der Waals surface area contributed by atoms with Gasteiger partial charge in [-0.2, -0.15) is 0 Å². The van der Waals surface area contributed by atoms with Crippen LogP contribution in [0, 0.1) is 0 Å². The summed E-state index contributed by atoms with van der Waals surface area (Å²) in [6.45, 7) is 5.93. The molecule has 1 unspecified atom stereocenters. The lowest BCUT2D eigenvalue weighted by Crippen LogP contribution is -2.09. The molecule has 0 aromatic rings. The maximum absolute atomic E-state index is 5.50. The van der Waals surface area contributed by atoms with E-state index in [-0.39, 0.29) is 0 Å². The summed E-state index contributed by atoms with van der Waals surface area (Å²) in [4.78, 5) is 0. The molecule has 1 atom stereocenters.